The fourth-order valence-electron chi connectivity index (χ4n) is 1.74. The zero-order valence-electron chi connectivity index (χ0n) is 11.5. The van der Waals surface area contributed by atoms with Gasteiger partial charge >= 0.3 is 5.97 Å². The molecule has 1 aromatic carbocycles. The molecule has 0 bridgehead atoms. The molecule has 0 saturated heterocycles. The monoisotopic (exact) mass is 291 g/mol. The molecule has 2 rings (SSSR count). The number of carbonyl (C=O) groups excluding carboxylic acids is 1. The van der Waals surface area contributed by atoms with Gasteiger partial charge in [-0.2, -0.15) is 5.10 Å². The van der Waals surface area contributed by atoms with E-state index in [4.69, 9.17) is 9.47 Å². The molecule has 8 nitrogen and oxygen atoms in total. The van der Waals surface area contributed by atoms with Crippen molar-refractivity contribution < 1.29 is 19.2 Å². The van der Waals surface area contributed by atoms with Crippen LogP contribution in [-0.2, 0) is 4.74 Å². The number of nitrogens with zero attached hydrogens (tertiary/aromatic N) is 3. The van der Waals surface area contributed by atoms with Crippen LogP contribution in [0.1, 0.15) is 17.3 Å². The van der Waals surface area contributed by atoms with Gasteiger partial charge in [-0.25, -0.2) is 9.48 Å². The van der Waals surface area contributed by atoms with E-state index in [0.29, 0.717) is 5.75 Å². The Morgan fingerprint density at radius 1 is 1.48 bits per heavy atom. The van der Waals surface area contributed by atoms with Crippen LogP contribution >= 0.6 is 0 Å². The third-order valence-corrected chi connectivity index (χ3v) is 2.72. The molecular formula is C13H13N3O5. The maximum atomic E-state index is 11.6. The SMILES string of the molecule is CCOC(=O)c1cnn(-c2cc(OC)ccc2[N+](=O)[O-])c1. The van der Waals surface area contributed by atoms with Crippen LogP contribution in [0.5, 0.6) is 5.75 Å². The smallest absolute Gasteiger partial charge is 0.341 e. The minimum Gasteiger partial charge on any atom is -0.497 e. The van der Waals surface area contributed by atoms with Crippen LogP contribution in [0.4, 0.5) is 5.69 Å². The Bertz CT molecular complexity index is 680. The lowest BCUT2D eigenvalue weighted by molar-refractivity contribution is -0.384. The molecule has 1 heterocycles. The highest BCUT2D eigenvalue weighted by molar-refractivity contribution is 5.88. The number of aromatic nitrogens is 2. The zero-order valence-corrected chi connectivity index (χ0v) is 11.5. The normalized spacial score (nSPS) is 10.2. The number of esters is 1. The molecule has 0 atom stereocenters. The van der Waals surface area contributed by atoms with Gasteiger partial charge in [0.2, 0.25) is 0 Å². The third-order valence-electron chi connectivity index (χ3n) is 2.72. The van der Waals surface area contributed by atoms with E-state index in [1.807, 2.05) is 0 Å². The number of hydrogen-bond donors (Lipinski definition) is 0. The first-order chi connectivity index (χ1) is 10.1. The fourth-order valence-corrected chi connectivity index (χ4v) is 1.74. The molecule has 0 aliphatic carbocycles. The molecule has 0 aliphatic rings. The second kappa shape index (κ2) is 6.04. The molecular weight excluding hydrogens is 278 g/mol. The first-order valence-electron chi connectivity index (χ1n) is 6.11. The van der Waals surface area contributed by atoms with Crippen LogP contribution in [0.15, 0.2) is 30.6 Å². The lowest BCUT2D eigenvalue weighted by atomic mass is 10.2. The van der Waals surface area contributed by atoms with Crippen LogP contribution in [0, 0.1) is 10.1 Å². The summed E-state index contributed by atoms with van der Waals surface area (Å²) in [7, 11) is 1.46. The van der Waals surface area contributed by atoms with E-state index in [9.17, 15) is 14.9 Å². The summed E-state index contributed by atoms with van der Waals surface area (Å²) in [5, 5.41) is 15.0. The van der Waals surface area contributed by atoms with Crippen LogP contribution in [-0.4, -0.2) is 34.4 Å². The summed E-state index contributed by atoms with van der Waals surface area (Å²) in [4.78, 5) is 22.1. The average Bonchev–Trinajstić information content (AvgIpc) is 2.96. The van der Waals surface area contributed by atoms with Crippen LogP contribution in [0.2, 0.25) is 0 Å². The summed E-state index contributed by atoms with van der Waals surface area (Å²) in [5.74, 6) is -0.0851. The van der Waals surface area contributed by atoms with E-state index in [1.54, 1.807) is 6.92 Å². The third kappa shape index (κ3) is 2.99. The van der Waals surface area contributed by atoms with Gasteiger partial charge in [0.1, 0.15) is 11.4 Å². The van der Waals surface area contributed by atoms with Crippen molar-refractivity contribution in [1.29, 1.82) is 0 Å². The van der Waals surface area contributed by atoms with Gasteiger partial charge in [-0.05, 0) is 13.0 Å². The van der Waals surface area contributed by atoms with Crippen molar-refractivity contribution in [2.24, 2.45) is 0 Å². The summed E-state index contributed by atoms with van der Waals surface area (Å²) < 4.78 is 11.1. The summed E-state index contributed by atoms with van der Waals surface area (Å²) >= 11 is 0. The highest BCUT2D eigenvalue weighted by atomic mass is 16.6. The number of rotatable bonds is 5. The number of hydrogen-bond acceptors (Lipinski definition) is 6. The van der Waals surface area contributed by atoms with Gasteiger partial charge in [-0.1, -0.05) is 0 Å². The molecule has 0 N–H and O–H groups in total. The molecule has 0 saturated carbocycles. The maximum Gasteiger partial charge on any atom is 0.341 e. The van der Waals surface area contributed by atoms with E-state index >= 15 is 0 Å². The highest BCUT2D eigenvalue weighted by Gasteiger charge is 2.19. The number of carbonyl (C=O) groups is 1. The van der Waals surface area contributed by atoms with Crippen molar-refractivity contribution in [3.05, 3.63) is 46.3 Å². The highest BCUT2D eigenvalue weighted by Crippen LogP contribution is 2.27. The van der Waals surface area contributed by atoms with E-state index in [0.717, 1.165) is 0 Å². The first kappa shape index (κ1) is 14.5. The Hall–Kier alpha value is -2.90. The Balaban J connectivity index is 2.45. The minimum atomic E-state index is -0.533. The van der Waals surface area contributed by atoms with Gasteiger partial charge in [0, 0.05) is 18.3 Å². The minimum absolute atomic E-state index is 0.144. The molecule has 0 fully saturated rings. The maximum absolute atomic E-state index is 11.6. The second-order valence-corrected chi connectivity index (χ2v) is 4.01. The molecule has 0 aliphatic heterocycles. The van der Waals surface area contributed by atoms with Gasteiger partial charge in [-0.15, -0.1) is 0 Å². The summed E-state index contributed by atoms with van der Waals surface area (Å²) in [5.41, 5.74) is 0.276. The van der Waals surface area contributed by atoms with Crippen molar-refractivity contribution >= 4 is 11.7 Å². The molecule has 1 aromatic heterocycles. The van der Waals surface area contributed by atoms with E-state index < -0.39 is 10.9 Å². The Morgan fingerprint density at radius 3 is 2.86 bits per heavy atom. The van der Waals surface area contributed by atoms with Gasteiger partial charge in [0.15, 0.2) is 0 Å². The van der Waals surface area contributed by atoms with Crippen molar-refractivity contribution in [3.8, 4) is 11.4 Å². The Kier molecular flexibility index (Phi) is 4.17. The number of methoxy groups -OCH3 is 1. The van der Waals surface area contributed by atoms with E-state index in [1.165, 1.54) is 42.4 Å². The van der Waals surface area contributed by atoms with Crippen molar-refractivity contribution in [3.63, 3.8) is 0 Å². The standard InChI is InChI=1S/C13H13N3O5/c1-3-21-13(17)9-7-14-15(8-9)12-6-10(20-2)4-5-11(12)16(18)19/h4-8H,3H2,1-2H3. The van der Waals surface area contributed by atoms with Crippen molar-refractivity contribution in [2.75, 3.05) is 13.7 Å². The molecule has 110 valence electrons. The second-order valence-electron chi connectivity index (χ2n) is 4.01. The zero-order chi connectivity index (χ0) is 15.4. The Labute approximate surface area is 120 Å². The molecule has 0 spiro atoms. The number of benzene rings is 1. The van der Waals surface area contributed by atoms with E-state index in [2.05, 4.69) is 5.10 Å². The van der Waals surface area contributed by atoms with Crippen molar-refractivity contribution in [1.82, 2.24) is 9.78 Å². The van der Waals surface area contributed by atoms with Gasteiger partial charge in [0.25, 0.3) is 5.69 Å². The van der Waals surface area contributed by atoms with Gasteiger partial charge < -0.3 is 9.47 Å². The molecule has 2 aromatic rings. The van der Waals surface area contributed by atoms with Crippen LogP contribution < -0.4 is 4.74 Å². The fraction of sp³-hybridized carbons (Fsp3) is 0.231. The average molecular weight is 291 g/mol. The predicted molar refractivity (Wildman–Crippen MR) is 72.7 cm³/mol. The summed E-state index contributed by atoms with van der Waals surface area (Å²) in [6.45, 7) is 1.93. The van der Waals surface area contributed by atoms with Crippen LogP contribution in [0.25, 0.3) is 5.69 Å². The number of nitro benzene ring substituents is 1. The Morgan fingerprint density at radius 2 is 2.24 bits per heavy atom. The lowest BCUT2D eigenvalue weighted by Gasteiger charge is -2.05. The van der Waals surface area contributed by atoms with E-state index in [-0.39, 0.29) is 23.5 Å². The lowest BCUT2D eigenvalue weighted by Crippen LogP contribution is -2.04. The van der Waals surface area contributed by atoms with Crippen molar-refractivity contribution in [2.45, 2.75) is 6.92 Å². The largest absolute Gasteiger partial charge is 0.497 e. The predicted octanol–water partition coefficient (Wildman–Crippen LogP) is 1.97. The van der Waals surface area contributed by atoms with Gasteiger partial charge in [0.05, 0.1) is 30.4 Å². The molecule has 8 heteroatoms. The molecule has 0 amide bonds. The summed E-state index contributed by atoms with van der Waals surface area (Å²) in [6, 6.07) is 4.28. The number of ether oxygens (including phenoxy) is 2. The molecule has 0 unspecified atom stereocenters. The summed E-state index contributed by atoms with van der Waals surface area (Å²) in [6.07, 6.45) is 2.67. The van der Waals surface area contributed by atoms with Crippen LogP contribution in [0.3, 0.4) is 0 Å². The topological polar surface area (TPSA) is 96.5 Å². The first-order valence-corrected chi connectivity index (χ1v) is 6.11. The van der Waals surface area contributed by atoms with Gasteiger partial charge in [-0.3, -0.25) is 10.1 Å². The number of nitro groups is 1. The quantitative estimate of drug-likeness (QED) is 0.474. The molecule has 0 radical (unpaired) electrons. The molecule has 21 heavy (non-hydrogen) atoms.